The van der Waals surface area contributed by atoms with Crippen LogP contribution in [0, 0.1) is 5.82 Å². The van der Waals surface area contributed by atoms with Gasteiger partial charge in [-0.1, -0.05) is 37.3 Å². The van der Waals surface area contributed by atoms with Gasteiger partial charge in [-0.3, -0.25) is 4.79 Å². The molecule has 0 bridgehead atoms. The summed E-state index contributed by atoms with van der Waals surface area (Å²) in [6.45, 7) is 3.97. The zero-order valence-corrected chi connectivity index (χ0v) is 13.7. The first-order valence-corrected chi connectivity index (χ1v) is 8.05. The molecular formula is C20H19FN2O. The van der Waals surface area contributed by atoms with Crippen LogP contribution < -0.4 is 5.32 Å². The van der Waals surface area contributed by atoms with Crippen LogP contribution in [-0.2, 0) is 0 Å². The van der Waals surface area contributed by atoms with E-state index in [0.29, 0.717) is 22.3 Å². The second kappa shape index (κ2) is 6.79. The molecule has 1 atom stereocenters. The van der Waals surface area contributed by atoms with Gasteiger partial charge in [-0.15, -0.1) is 0 Å². The Labute approximate surface area is 140 Å². The number of rotatable bonds is 4. The van der Waals surface area contributed by atoms with Crippen molar-refractivity contribution in [3.63, 3.8) is 0 Å². The molecule has 4 heteroatoms. The Bertz CT molecular complexity index is 892. The van der Waals surface area contributed by atoms with Gasteiger partial charge in [0.1, 0.15) is 5.82 Å². The van der Waals surface area contributed by atoms with Crippen molar-refractivity contribution in [1.82, 2.24) is 10.3 Å². The summed E-state index contributed by atoms with van der Waals surface area (Å²) in [5, 5.41) is 3.73. The summed E-state index contributed by atoms with van der Waals surface area (Å²) in [5.41, 5.74) is 2.04. The number of pyridine rings is 1. The van der Waals surface area contributed by atoms with Crippen LogP contribution in [0.4, 0.5) is 4.39 Å². The maximum Gasteiger partial charge on any atom is 0.252 e. The molecule has 2 aromatic carbocycles. The highest BCUT2D eigenvalue weighted by molar-refractivity contribution is 6.07. The van der Waals surface area contributed by atoms with Gasteiger partial charge in [0.2, 0.25) is 0 Å². The first kappa shape index (κ1) is 16.1. The lowest BCUT2D eigenvalue weighted by molar-refractivity contribution is 0.0941. The monoisotopic (exact) mass is 322 g/mol. The third kappa shape index (κ3) is 3.13. The molecule has 1 heterocycles. The predicted octanol–water partition coefficient (Wildman–Crippen LogP) is 4.57. The van der Waals surface area contributed by atoms with E-state index >= 15 is 0 Å². The van der Waals surface area contributed by atoms with E-state index in [1.54, 1.807) is 24.3 Å². The van der Waals surface area contributed by atoms with E-state index in [1.165, 1.54) is 6.07 Å². The van der Waals surface area contributed by atoms with E-state index in [1.807, 2.05) is 38.1 Å². The van der Waals surface area contributed by atoms with Gasteiger partial charge in [0, 0.05) is 17.0 Å². The van der Waals surface area contributed by atoms with Crippen molar-refractivity contribution in [3.8, 4) is 11.3 Å². The number of nitrogens with zero attached hydrogens (tertiary/aromatic N) is 1. The average molecular weight is 322 g/mol. The third-order valence-corrected chi connectivity index (χ3v) is 4.10. The Morgan fingerprint density at radius 3 is 2.62 bits per heavy atom. The molecule has 1 N–H and O–H groups in total. The molecule has 0 aliphatic carbocycles. The van der Waals surface area contributed by atoms with Gasteiger partial charge in [0.15, 0.2) is 0 Å². The van der Waals surface area contributed by atoms with E-state index in [0.717, 1.165) is 11.8 Å². The minimum atomic E-state index is -0.353. The van der Waals surface area contributed by atoms with Crippen molar-refractivity contribution in [1.29, 1.82) is 0 Å². The molecule has 1 aromatic heterocycles. The summed E-state index contributed by atoms with van der Waals surface area (Å²) in [6.07, 6.45) is 0.842. The minimum absolute atomic E-state index is 0.0707. The van der Waals surface area contributed by atoms with Gasteiger partial charge in [-0.05, 0) is 37.6 Å². The lowest BCUT2D eigenvalue weighted by Crippen LogP contribution is -2.32. The Kier molecular flexibility index (Phi) is 4.56. The molecule has 0 spiro atoms. The van der Waals surface area contributed by atoms with Gasteiger partial charge < -0.3 is 5.32 Å². The fourth-order valence-electron chi connectivity index (χ4n) is 2.57. The standard InChI is InChI=1S/C20H19FN2O/c1-3-13(2)22-20(24)16-12-19(15-9-4-6-10-17(15)21)23-18-11-7-5-8-14(16)18/h4-13H,3H2,1-2H3,(H,22,24). The van der Waals surface area contributed by atoms with Crippen molar-refractivity contribution in [2.45, 2.75) is 26.3 Å². The van der Waals surface area contributed by atoms with Crippen molar-refractivity contribution in [3.05, 3.63) is 66.0 Å². The largest absolute Gasteiger partial charge is 0.350 e. The zero-order chi connectivity index (χ0) is 17.1. The number of fused-ring (bicyclic) bond motifs is 1. The van der Waals surface area contributed by atoms with Crippen molar-refractivity contribution >= 4 is 16.8 Å². The molecule has 0 saturated heterocycles. The molecule has 0 aliphatic rings. The molecule has 0 radical (unpaired) electrons. The number of benzene rings is 2. The number of nitrogens with one attached hydrogen (secondary N) is 1. The van der Waals surface area contributed by atoms with Crippen LogP contribution in [0.5, 0.6) is 0 Å². The SMILES string of the molecule is CCC(C)NC(=O)c1cc(-c2ccccc2F)nc2ccccc12. The van der Waals surface area contributed by atoms with Crippen LogP contribution in [0.2, 0.25) is 0 Å². The highest BCUT2D eigenvalue weighted by Crippen LogP contribution is 2.26. The molecule has 3 nitrogen and oxygen atoms in total. The number of carbonyl (C=O) groups excluding carboxylic acids is 1. The fraction of sp³-hybridized carbons (Fsp3) is 0.200. The molecule has 24 heavy (non-hydrogen) atoms. The number of carbonyl (C=O) groups is 1. The molecule has 122 valence electrons. The fourth-order valence-corrected chi connectivity index (χ4v) is 2.57. The maximum atomic E-state index is 14.1. The number of hydrogen-bond acceptors (Lipinski definition) is 2. The highest BCUT2D eigenvalue weighted by atomic mass is 19.1. The smallest absolute Gasteiger partial charge is 0.252 e. The average Bonchev–Trinajstić information content (AvgIpc) is 2.61. The van der Waals surface area contributed by atoms with Crippen LogP contribution in [0.1, 0.15) is 30.6 Å². The quantitative estimate of drug-likeness (QED) is 0.764. The van der Waals surface area contributed by atoms with Gasteiger partial charge in [-0.2, -0.15) is 0 Å². The van der Waals surface area contributed by atoms with Crippen LogP contribution in [0.3, 0.4) is 0 Å². The summed E-state index contributed by atoms with van der Waals surface area (Å²) in [7, 11) is 0. The normalized spacial score (nSPS) is 12.1. The Morgan fingerprint density at radius 1 is 1.17 bits per heavy atom. The Morgan fingerprint density at radius 2 is 1.88 bits per heavy atom. The summed E-state index contributed by atoms with van der Waals surface area (Å²) < 4.78 is 14.1. The lowest BCUT2D eigenvalue weighted by Gasteiger charge is -2.14. The molecule has 0 aliphatic heterocycles. The number of hydrogen-bond donors (Lipinski definition) is 1. The Hall–Kier alpha value is -2.75. The summed E-state index contributed by atoms with van der Waals surface area (Å²) in [6, 6.07) is 15.6. The second-order valence-electron chi connectivity index (χ2n) is 5.83. The van der Waals surface area contributed by atoms with Gasteiger partial charge in [-0.25, -0.2) is 9.37 Å². The van der Waals surface area contributed by atoms with Gasteiger partial charge in [0.05, 0.1) is 16.8 Å². The molecule has 1 amide bonds. The van der Waals surface area contributed by atoms with Crippen LogP contribution in [-0.4, -0.2) is 16.9 Å². The molecule has 0 saturated carbocycles. The summed E-state index contributed by atoms with van der Waals surface area (Å²) in [5.74, 6) is -0.519. The van der Waals surface area contributed by atoms with Gasteiger partial charge in [0.25, 0.3) is 5.91 Å². The van der Waals surface area contributed by atoms with E-state index in [9.17, 15) is 9.18 Å². The molecule has 3 rings (SSSR count). The van der Waals surface area contributed by atoms with E-state index in [4.69, 9.17) is 0 Å². The first-order chi connectivity index (χ1) is 11.6. The van der Waals surface area contributed by atoms with Crippen LogP contribution in [0.15, 0.2) is 54.6 Å². The number of halogens is 1. The van der Waals surface area contributed by atoms with Crippen molar-refractivity contribution < 1.29 is 9.18 Å². The Balaban J connectivity index is 2.17. The topological polar surface area (TPSA) is 42.0 Å². The molecular weight excluding hydrogens is 303 g/mol. The molecule has 1 unspecified atom stereocenters. The lowest BCUT2D eigenvalue weighted by atomic mass is 10.0. The predicted molar refractivity (Wildman–Crippen MR) is 94.4 cm³/mol. The molecule has 3 aromatic rings. The number of aromatic nitrogens is 1. The maximum absolute atomic E-state index is 14.1. The third-order valence-electron chi connectivity index (χ3n) is 4.10. The van der Waals surface area contributed by atoms with E-state index in [2.05, 4.69) is 10.3 Å². The summed E-state index contributed by atoms with van der Waals surface area (Å²) >= 11 is 0. The second-order valence-corrected chi connectivity index (χ2v) is 5.83. The van der Waals surface area contributed by atoms with Crippen molar-refractivity contribution in [2.24, 2.45) is 0 Å². The number of para-hydroxylation sites is 1. The van der Waals surface area contributed by atoms with E-state index in [-0.39, 0.29) is 17.8 Å². The van der Waals surface area contributed by atoms with Crippen LogP contribution >= 0.6 is 0 Å². The summed E-state index contributed by atoms with van der Waals surface area (Å²) in [4.78, 5) is 17.2. The van der Waals surface area contributed by atoms with Crippen LogP contribution in [0.25, 0.3) is 22.2 Å². The van der Waals surface area contributed by atoms with E-state index < -0.39 is 0 Å². The van der Waals surface area contributed by atoms with Crippen molar-refractivity contribution in [2.75, 3.05) is 0 Å². The minimum Gasteiger partial charge on any atom is -0.350 e. The zero-order valence-electron chi connectivity index (χ0n) is 13.7. The number of amides is 1. The van der Waals surface area contributed by atoms with Gasteiger partial charge >= 0.3 is 0 Å². The first-order valence-electron chi connectivity index (χ1n) is 8.05. The highest BCUT2D eigenvalue weighted by Gasteiger charge is 2.16. The molecule has 0 fully saturated rings.